The van der Waals surface area contributed by atoms with Crippen LogP contribution in [0.25, 0.3) is 0 Å². The monoisotopic (exact) mass is 180 g/mol. The Morgan fingerprint density at radius 2 is 1.69 bits per heavy atom. The molecule has 4 heteroatoms. The lowest BCUT2D eigenvalue weighted by Crippen LogP contribution is -1.99. The van der Waals surface area contributed by atoms with Crippen LogP contribution in [0.2, 0.25) is 0 Å². The van der Waals surface area contributed by atoms with E-state index in [9.17, 15) is 4.79 Å². The Balaban J connectivity index is 0.000000671. The number of carbonyl (C=O) groups excluding carboxylic acids is 2. The van der Waals surface area contributed by atoms with Gasteiger partial charge in [-0.2, -0.15) is 0 Å². The molecule has 1 rings (SSSR count). The fourth-order valence-electron chi connectivity index (χ4n) is 0.923. The molecule has 0 aliphatic rings. The van der Waals surface area contributed by atoms with E-state index in [1.165, 1.54) is 0 Å². The molecule has 0 fully saturated rings. The Labute approximate surface area is 76.5 Å². The molecule has 4 N–H and O–H groups in total. The van der Waals surface area contributed by atoms with Crippen LogP contribution in [-0.4, -0.2) is 13.1 Å². The minimum Gasteiger partial charge on any atom is -0.398 e. The number of nitrogen functional groups attached to an aromatic ring is 2. The maximum absolute atomic E-state index is 10.5. The number of hydrogen-bond acceptors (Lipinski definition) is 4. The summed E-state index contributed by atoms with van der Waals surface area (Å²) in [5.74, 6) is 0. The van der Waals surface area contributed by atoms with Gasteiger partial charge in [-0.1, -0.05) is 0 Å². The van der Waals surface area contributed by atoms with E-state index in [4.69, 9.17) is 16.3 Å². The van der Waals surface area contributed by atoms with Gasteiger partial charge in [-0.05, 0) is 24.6 Å². The van der Waals surface area contributed by atoms with Crippen molar-refractivity contribution in [2.75, 3.05) is 11.5 Å². The molecule has 0 saturated heterocycles. The van der Waals surface area contributed by atoms with Gasteiger partial charge in [-0.3, -0.25) is 4.79 Å². The standard InChI is InChI=1S/C8H10N2O.CH2O/c1-5-6(4-11)8(10)3-2-7(5)9;1-2/h2-4H,9-10H2,1H3;1H2. The van der Waals surface area contributed by atoms with Crippen LogP contribution >= 0.6 is 0 Å². The van der Waals surface area contributed by atoms with Gasteiger partial charge in [0.1, 0.15) is 6.79 Å². The van der Waals surface area contributed by atoms with Crippen LogP contribution in [0.15, 0.2) is 12.1 Å². The molecule has 0 atom stereocenters. The molecule has 70 valence electrons. The van der Waals surface area contributed by atoms with Gasteiger partial charge in [0, 0.05) is 16.9 Å². The molecule has 1 aromatic carbocycles. The summed E-state index contributed by atoms with van der Waals surface area (Å²) in [6.07, 6.45) is 0.723. The smallest absolute Gasteiger partial charge is 0.152 e. The zero-order valence-electron chi connectivity index (χ0n) is 7.41. The number of carbonyl (C=O) groups is 2. The highest BCUT2D eigenvalue weighted by molar-refractivity contribution is 5.87. The van der Waals surface area contributed by atoms with Crippen molar-refractivity contribution < 1.29 is 9.59 Å². The molecule has 0 aliphatic heterocycles. The first-order valence-electron chi connectivity index (χ1n) is 3.55. The molecule has 0 saturated carbocycles. The normalized spacial score (nSPS) is 8.38. The van der Waals surface area contributed by atoms with Crippen molar-refractivity contribution in [3.05, 3.63) is 23.3 Å². The maximum atomic E-state index is 10.5. The third-order valence-corrected chi connectivity index (χ3v) is 1.71. The quantitative estimate of drug-likeness (QED) is 0.494. The average Bonchev–Trinajstić information content (AvgIpc) is 2.16. The molecule has 0 heterocycles. The zero-order valence-corrected chi connectivity index (χ0v) is 7.41. The lowest BCUT2D eigenvalue weighted by Gasteiger charge is -2.04. The van der Waals surface area contributed by atoms with Crippen LogP contribution in [0.5, 0.6) is 0 Å². The molecule has 0 aliphatic carbocycles. The van der Waals surface area contributed by atoms with Gasteiger partial charge in [0.25, 0.3) is 0 Å². The minimum absolute atomic E-state index is 0.478. The Morgan fingerprint density at radius 3 is 2.08 bits per heavy atom. The second-order valence-corrected chi connectivity index (χ2v) is 2.40. The van der Waals surface area contributed by atoms with E-state index in [0.29, 0.717) is 16.9 Å². The van der Waals surface area contributed by atoms with Crippen LogP contribution in [-0.2, 0) is 4.79 Å². The number of hydrogen-bond donors (Lipinski definition) is 2. The van der Waals surface area contributed by atoms with Crippen molar-refractivity contribution in [3.63, 3.8) is 0 Å². The Bertz CT molecular complexity index is 311. The van der Waals surface area contributed by atoms with E-state index < -0.39 is 0 Å². The Morgan fingerprint density at radius 1 is 1.23 bits per heavy atom. The third-order valence-electron chi connectivity index (χ3n) is 1.71. The molecule has 0 spiro atoms. The van der Waals surface area contributed by atoms with Gasteiger partial charge < -0.3 is 16.3 Å². The summed E-state index contributed by atoms with van der Waals surface area (Å²) < 4.78 is 0. The van der Waals surface area contributed by atoms with Gasteiger partial charge in [0.15, 0.2) is 6.29 Å². The Hall–Kier alpha value is -1.84. The van der Waals surface area contributed by atoms with Crippen molar-refractivity contribution in [1.82, 2.24) is 0 Å². The SMILES string of the molecule is C=O.Cc1c(N)ccc(N)c1C=O. The molecule has 0 amide bonds. The van der Waals surface area contributed by atoms with E-state index in [-0.39, 0.29) is 0 Å². The third kappa shape index (κ3) is 2.30. The van der Waals surface area contributed by atoms with E-state index >= 15 is 0 Å². The summed E-state index contributed by atoms with van der Waals surface area (Å²) in [6.45, 7) is 3.77. The second kappa shape index (κ2) is 4.92. The number of aldehydes is 1. The largest absolute Gasteiger partial charge is 0.398 e. The number of benzene rings is 1. The van der Waals surface area contributed by atoms with Crippen molar-refractivity contribution in [1.29, 1.82) is 0 Å². The van der Waals surface area contributed by atoms with E-state index in [1.807, 2.05) is 6.79 Å². The van der Waals surface area contributed by atoms with Crippen LogP contribution in [0.3, 0.4) is 0 Å². The second-order valence-electron chi connectivity index (χ2n) is 2.40. The number of rotatable bonds is 1. The van der Waals surface area contributed by atoms with Crippen molar-refractivity contribution in [3.8, 4) is 0 Å². The van der Waals surface area contributed by atoms with Crippen molar-refractivity contribution in [2.24, 2.45) is 0 Å². The summed E-state index contributed by atoms with van der Waals surface area (Å²) in [5.41, 5.74) is 13.4. The fraction of sp³-hybridized carbons (Fsp3) is 0.111. The van der Waals surface area contributed by atoms with Gasteiger partial charge in [-0.25, -0.2) is 0 Å². The van der Waals surface area contributed by atoms with Gasteiger partial charge in [-0.15, -0.1) is 0 Å². The zero-order chi connectivity index (χ0) is 10.4. The van der Waals surface area contributed by atoms with Gasteiger partial charge >= 0.3 is 0 Å². The number of nitrogens with two attached hydrogens (primary N) is 2. The lowest BCUT2D eigenvalue weighted by molar-refractivity contribution is -0.0979. The summed E-state index contributed by atoms with van der Waals surface area (Å²) in [7, 11) is 0. The molecule has 13 heavy (non-hydrogen) atoms. The summed E-state index contributed by atoms with van der Waals surface area (Å²) >= 11 is 0. The van der Waals surface area contributed by atoms with E-state index in [0.717, 1.165) is 11.8 Å². The fourth-order valence-corrected chi connectivity index (χ4v) is 0.923. The van der Waals surface area contributed by atoms with Crippen molar-refractivity contribution in [2.45, 2.75) is 6.92 Å². The molecular weight excluding hydrogens is 168 g/mol. The average molecular weight is 180 g/mol. The molecule has 0 aromatic heterocycles. The predicted molar refractivity (Wildman–Crippen MR) is 52.5 cm³/mol. The van der Waals surface area contributed by atoms with E-state index in [2.05, 4.69) is 0 Å². The molecule has 0 unspecified atom stereocenters. The first-order chi connectivity index (χ1) is 6.16. The van der Waals surface area contributed by atoms with Crippen LogP contribution in [0.1, 0.15) is 15.9 Å². The molecule has 0 radical (unpaired) electrons. The first-order valence-corrected chi connectivity index (χ1v) is 3.55. The predicted octanol–water partition coefficient (Wildman–Crippen LogP) is 0.787. The van der Waals surface area contributed by atoms with E-state index in [1.54, 1.807) is 19.1 Å². The maximum Gasteiger partial charge on any atom is 0.152 e. The molecule has 1 aromatic rings. The molecule has 4 nitrogen and oxygen atoms in total. The van der Waals surface area contributed by atoms with Crippen LogP contribution in [0, 0.1) is 6.92 Å². The summed E-state index contributed by atoms with van der Waals surface area (Å²) in [6, 6.07) is 3.32. The highest BCUT2D eigenvalue weighted by Gasteiger charge is 2.03. The Kier molecular flexibility index (Phi) is 4.23. The van der Waals surface area contributed by atoms with Gasteiger partial charge in [0.2, 0.25) is 0 Å². The highest BCUT2D eigenvalue weighted by Crippen LogP contribution is 2.19. The first kappa shape index (κ1) is 11.2. The molecule has 0 bridgehead atoms. The molecular formula is C9H12N2O2. The lowest BCUT2D eigenvalue weighted by atomic mass is 10.1. The summed E-state index contributed by atoms with van der Waals surface area (Å²) in [4.78, 5) is 18.5. The highest BCUT2D eigenvalue weighted by atomic mass is 16.1. The van der Waals surface area contributed by atoms with Crippen LogP contribution in [0.4, 0.5) is 11.4 Å². The number of anilines is 2. The van der Waals surface area contributed by atoms with Crippen LogP contribution < -0.4 is 11.5 Å². The summed E-state index contributed by atoms with van der Waals surface area (Å²) in [5, 5.41) is 0. The van der Waals surface area contributed by atoms with Gasteiger partial charge in [0.05, 0.1) is 0 Å². The van der Waals surface area contributed by atoms with Crippen molar-refractivity contribution >= 4 is 24.5 Å². The topological polar surface area (TPSA) is 86.2 Å². The minimum atomic E-state index is 0.478.